The van der Waals surface area contributed by atoms with Crippen molar-refractivity contribution >= 4 is 34.8 Å². The van der Waals surface area contributed by atoms with Crippen molar-refractivity contribution in [3.63, 3.8) is 0 Å². The molecular formula is C18H18Cl3NO. The highest BCUT2D eigenvalue weighted by molar-refractivity contribution is 6.35. The molecule has 5 heteroatoms. The summed E-state index contributed by atoms with van der Waals surface area (Å²) in [6.07, 6.45) is 1.81. The van der Waals surface area contributed by atoms with Crippen molar-refractivity contribution in [2.45, 2.75) is 18.9 Å². The van der Waals surface area contributed by atoms with Crippen LogP contribution in [-0.4, -0.2) is 25.6 Å². The molecule has 0 aliphatic carbocycles. The number of rotatable bonds is 3. The molecular weight excluding hydrogens is 353 g/mol. The van der Waals surface area contributed by atoms with Gasteiger partial charge < -0.3 is 4.74 Å². The van der Waals surface area contributed by atoms with Gasteiger partial charge in [-0.25, -0.2) is 0 Å². The van der Waals surface area contributed by atoms with Gasteiger partial charge in [-0.3, -0.25) is 4.90 Å². The van der Waals surface area contributed by atoms with Gasteiger partial charge in [-0.1, -0.05) is 40.9 Å². The molecule has 1 aliphatic rings. The smallest absolute Gasteiger partial charge is 0.137 e. The van der Waals surface area contributed by atoms with Crippen molar-refractivity contribution in [1.29, 1.82) is 0 Å². The lowest BCUT2D eigenvalue weighted by Crippen LogP contribution is -2.33. The third-order valence-electron chi connectivity index (χ3n) is 4.47. The number of benzene rings is 2. The Morgan fingerprint density at radius 1 is 1.13 bits per heavy atom. The molecule has 0 N–H and O–H groups in total. The summed E-state index contributed by atoms with van der Waals surface area (Å²) in [5, 5.41) is 2.03. The summed E-state index contributed by atoms with van der Waals surface area (Å²) < 4.78 is 5.39. The maximum atomic E-state index is 6.36. The van der Waals surface area contributed by atoms with E-state index in [0.29, 0.717) is 20.8 Å². The van der Waals surface area contributed by atoms with E-state index < -0.39 is 0 Å². The van der Waals surface area contributed by atoms with Crippen molar-refractivity contribution in [3.05, 3.63) is 62.1 Å². The van der Waals surface area contributed by atoms with Crippen molar-refractivity contribution in [1.82, 2.24) is 4.90 Å². The number of likely N-dealkylation sites (N-methyl/N-ethyl adjacent to an activating group) is 1. The largest absolute Gasteiger partial charge is 0.495 e. The van der Waals surface area contributed by atoms with E-state index in [2.05, 4.69) is 18.0 Å². The second kappa shape index (κ2) is 6.90. The predicted octanol–water partition coefficient (Wildman–Crippen LogP) is 5.43. The molecule has 0 saturated carbocycles. The lowest BCUT2D eigenvalue weighted by Gasteiger charge is -2.35. The molecule has 1 atom stereocenters. The normalized spacial score (nSPS) is 17.9. The van der Waals surface area contributed by atoms with Crippen LogP contribution in [-0.2, 0) is 12.8 Å². The lowest BCUT2D eigenvalue weighted by molar-refractivity contribution is 0.229. The number of methoxy groups -OCH3 is 1. The van der Waals surface area contributed by atoms with Gasteiger partial charge in [0.05, 0.1) is 12.1 Å². The SMILES string of the molecule is COc1cc2c(cc1Cl)CCN(C)C2Cc1ccc(Cl)cc1Cl. The van der Waals surface area contributed by atoms with Crippen LogP contribution in [0.2, 0.25) is 15.1 Å². The van der Waals surface area contributed by atoms with Crippen molar-refractivity contribution in [3.8, 4) is 5.75 Å². The van der Waals surface area contributed by atoms with Gasteiger partial charge >= 0.3 is 0 Å². The van der Waals surface area contributed by atoms with Crippen LogP contribution in [0.3, 0.4) is 0 Å². The zero-order chi connectivity index (χ0) is 16.6. The molecule has 1 aliphatic heterocycles. The molecule has 0 bridgehead atoms. The summed E-state index contributed by atoms with van der Waals surface area (Å²) >= 11 is 18.6. The fraction of sp³-hybridized carbons (Fsp3) is 0.333. The van der Waals surface area contributed by atoms with E-state index in [-0.39, 0.29) is 6.04 Å². The van der Waals surface area contributed by atoms with Gasteiger partial charge in [0.15, 0.2) is 0 Å². The van der Waals surface area contributed by atoms with Crippen LogP contribution in [0, 0.1) is 0 Å². The zero-order valence-corrected chi connectivity index (χ0v) is 15.3. The van der Waals surface area contributed by atoms with Gasteiger partial charge in [0.1, 0.15) is 5.75 Å². The van der Waals surface area contributed by atoms with Crippen LogP contribution < -0.4 is 4.74 Å². The van der Waals surface area contributed by atoms with E-state index in [1.165, 1.54) is 11.1 Å². The van der Waals surface area contributed by atoms with Gasteiger partial charge in [0.2, 0.25) is 0 Å². The molecule has 0 spiro atoms. The Kier molecular flexibility index (Phi) is 5.07. The number of hydrogen-bond acceptors (Lipinski definition) is 2. The van der Waals surface area contributed by atoms with Crippen molar-refractivity contribution in [2.75, 3.05) is 20.7 Å². The molecule has 0 saturated heterocycles. The topological polar surface area (TPSA) is 12.5 Å². The van der Waals surface area contributed by atoms with Crippen LogP contribution in [0.1, 0.15) is 22.7 Å². The summed E-state index contributed by atoms with van der Waals surface area (Å²) in [6.45, 7) is 0.992. The number of fused-ring (bicyclic) bond motifs is 1. The minimum atomic E-state index is 0.239. The number of halogens is 3. The molecule has 1 heterocycles. The Bertz CT molecular complexity index is 732. The summed E-state index contributed by atoms with van der Waals surface area (Å²) in [5.74, 6) is 0.716. The average Bonchev–Trinajstić information content (AvgIpc) is 2.52. The first-order valence-corrected chi connectivity index (χ1v) is 8.63. The molecule has 2 nitrogen and oxygen atoms in total. The number of hydrogen-bond donors (Lipinski definition) is 0. The summed E-state index contributed by atoms with van der Waals surface area (Å²) in [5.41, 5.74) is 3.63. The molecule has 2 aromatic carbocycles. The lowest BCUT2D eigenvalue weighted by atomic mass is 9.89. The third kappa shape index (κ3) is 3.46. The third-order valence-corrected chi connectivity index (χ3v) is 5.35. The van der Waals surface area contributed by atoms with Crippen LogP contribution in [0.25, 0.3) is 0 Å². The summed E-state index contributed by atoms with van der Waals surface area (Å²) in [7, 11) is 3.78. The second-order valence-electron chi connectivity index (χ2n) is 5.87. The first kappa shape index (κ1) is 16.9. The van der Waals surface area contributed by atoms with Crippen molar-refractivity contribution < 1.29 is 4.74 Å². The first-order valence-electron chi connectivity index (χ1n) is 7.50. The van der Waals surface area contributed by atoms with Crippen LogP contribution in [0.5, 0.6) is 5.75 Å². The monoisotopic (exact) mass is 369 g/mol. The minimum Gasteiger partial charge on any atom is -0.495 e. The van der Waals surface area contributed by atoms with Gasteiger partial charge in [-0.05, 0) is 60.8 Å². The highest BCUT2D eigenvalue weighted by Crippen LogP contribution is 2.38. The summed E-state index contributed by atoms with van der Waals surface area (Å²) in [6, 6.07) is 10.0. The van der Waals surface area contributed by atoms with Crippen molar-refractivity contribution in [2.24, 2.45) is 0 Å². The fourth-order valence-corrected chi connectivity index (χ4v) is 3.89. The minimum absolute atomic E-state index is 0.239. The maximum Gasteiger partial charge on any atom is 0.137 e. The molecule has 23 heavy (non-hydrogen) atoms. The standard InChI is InChI=1S/C18H18Cl3NO/c1-22-6-5-11-7-16(21)18(23-2)10-14(11)17(22)8-12-3-4-13(19)9-15(12)20/h3-4,7,9-10,17H,5-6,8H2,1-2H3. The first-order chi connectivity index (χ1) is 11.0. The average molecular weight is 371 g/mol. The molecule has 122 valence electrons. The predicted molar refractivity (Wildman–Crippen MR) is 97.2 cm³/mol. The Labute approximate surface area is 151 Å². The van der Waals surface area contributed by atoms with E-state index in [4.69, 9.17) is 39.5 Å². The van der Waals surface area contributed by atoms with E-state index in [9.17, 15) is 0 Å². The van der Waals surface area contributed by atoms with Gasteiger partial charge in [0, 0.05) is 22.6 Å². The molecule has 0 fully saturated rings. The molecule has 0 amide bonds. The Morgan fingerprint density at radius 3 is 2.61 bits per heavy atom. The van der Waals surface area contributed by atoms with Crippen LogP contribution >= 0.6 is 34.8 Å². The summed E-state index contributed by atoms with van der Waals surface area (Å²) in [4.78, 5) is 2.35. The Balaban J connectivity index is 1.99. The van der Waals surface area contributed by atoms with Gasteiger partial charge in [-0.15, -0.1) is 0 Å². The fourth-order valence-electron chi connectivity index (χ4n) is 3.14. The molecule has 3 rings (SSSR count). The number of nitrogens with zero attached hydrogens (tertiary/aromatic N) is 1. The highest BCUT2D eigenvalue weighted by atomic mass is 35.5. The Hall–Kier alpha value is -0.930. The van der Waals surface area contributed by atoms with Gasteiger partial charge in [0.25, 0.3) is 0 Å². The zero-order valence-electron chi connectivity index (χ0n) is 13.1. The van der Waals surface area contributed by atoms with Gasteiger partial charge in [-0.2, -0.15) is 0 Å². The van der Waals surface area contributed by atoms with Crippen LogP contribution in [0.4, 0.5) is 0 Å². The van der Waals surface area contributed by atoms with E-state index in [0.717, 1.165) is 24.9 Å². The second-order valence-corrected chi connectivity index (χ2v) is 7.12. The number of ether oxygens (including phenoxy) is 1. The molecule has 1 unspecified atom stereocenters. The van der Waals surface area contributed by atoms with Crippen LogP contribution in [0.15, 0.2) is 30.3 Å². The molecule has 2 aromatic rings. The molecule has 0 radical (unpaired) electrons. The van der Waals surface area contributed by atoms with E-state index in [1.54, 1.807) is 13.2 Å². The van der Waals surface area contributed by atoms with E-state index in [1.807, 2.05) is 18.2 Å². The quantitative estimate of drug-likeness (QED) is 0.714. The maximum absolute atomic E-state index is 6.36. The van der Waals surface area contributed by atoms with E-state index >= 15 is 0 Å². The Morgan fingerprint density at radius 2 is 1.91 bits per heavy atom. The molecule has 0 aromatic heterocycles. The highest BCUT2D eigenvalue weighted by Gasteiger charge is 2.27.